The second kappa shape index (κ2) is 3.95. The molecule has 0 aromatic carbocycles. The molecule has 1 saturated heterocycles. The van der Waals surface area contributed by atoms with Gasteiger partial charge in [-0.1, -0.05) is 0 Å². The molecular formula is C6H11BO5S. The zero-order chi connectivity index (χ0) is 10.1. The van der Waals surface area contributed by atoms with Crippen LogP contribution in [0.1, 0.15) is 6.42 Å². The molecule has 2 radical (unpaired) electrons. The van der Waals surface area contributed by atoms with Crippen molar-refractivity contribution in [1.82, 2.24) is 0 Å². The lowest BCUT2D eigenvalue weighted by Crippen LogP contribution is -2.27. The highest BCUT2D eigenvalue weighted by Gasteiger charge is 2.31. The number of aliphatic hydroxyl groups is 1. The first-order valence-corrected chi connectivity index (χ1v) is 5.63. The lowest BCUT2D eigenvalue weighted by Gasteiger charge is -2.12. The minimum Gasteiger partial charge on any atom is -0.390 e. The fourth-order valence-corrected chi connectivity index (χ4v) is 1.48. The highest BCUT2D eigenvalue weighted by atomic mass is 32.2. The average molecular weight is 206 g/mol. The van der Waals surface area contributed by atoms with E-state index in [9.17, 15) is 13.5 Å². The lowest BCUT2D eigenvalue weighted by atomic mass is 9.96. The maximum Gasteiger partial charge on any atom is 0.264 e. The van der Waals surface area contributed by atoms with Crippen molar-refractivity contribution in [2.75, 3.05) is 12.9 Å². The first-order valence-electron chi connectivity index (χ1n) is 3.82. The highest BCUT2D eigenvalue weighted by molar-refractivity contribution is 7.85. The van der Waals surface area contributed by atoms with Gasteiger partial charge in [0.2, 0.25) is 0 Å². The van der Waals surface area contributed by atoms with Crippen molar-refractivity contribution >= 4 is 18.0 Å². The van der Waals surface area contributed by atoms with Crippen molar-refractivity contribution in [1.29, 1.82) is 0 Å². The minimum atomic E-state index is -3.48. The van der Waals surface area contributed by atoms with Crippen LogP contribution in [0.5, 0.6) is 0 Å². The first-order chi connectivity index (χ1) is 5.88. The average Bonchev–Trinajstić information content (AvgIpc) is 2.24. The van der Waals surface area contributed by atoms with Crippen LogP contribution in [0.2, 0.25) is 0 Å². The van der Waals surface area contributed by atoms with E-state index < -0.39 is 28.3 Å². The molecular weight excluding hydrogens is 195 g/mol. The fourth-order valence-electron chi connectivity index (χ4n) is 1.10. The molecule has 0 amide bonds. The molecule has 0 saturated carbocycles. The molecule has 0 aromatic rings. The summed E-state index contributed by atoms with van der Waals surface area (Å²) in [7, 11) is 1.88. The summed E-state index contributed by atoms with van der Waals surface area (Å²) in [6.45, 7) is -0.187. The summed E-state index contributed by atoms with van der Waals surface area (Å²) in [5.74, 6) is 0. The standard InChI is InChI=1S/C6H11BO5S/c1-13(9,10)11-3-5-4(8)2-6(7)12-5/h4-6,8H,2-3H2,1H3/t4-,5-,6-/m1/s1. The Balaban J connectivity index is 2.38. The number of aliphatic hydroxyl groups excluding tert-OH is 1. The maximum absolute atomic E-state index is 10.6. The zero-order valence-electron chi connectivity index (χ0n) is 7.21. The Kier molecular flexibility index (Phi) is 3.34. The van der Waals surface area contributed by atoms with Crippen molar-refractivity contribution in [2.24, 2.45) is 0 Å². The molecule has 1 rings (SSSR count). The van der Waals surface area contributed by atoms with Crippen LogP contribution in [0, 0.1) is 0 Å². The molecule has 1 heterocycles. The van der Waals surface area contributed by atoms with Gasteiger partial charge in [-0.2, -0.15) is 8.42 Å². The van der Waals surface area contributed by atoms with Crippen molar-refractivity contribution in [3.8, 4) is 0 Å². The topological polar surface area (TPSA) is 72.8 Å². The Morgan fingerprint density at radius 1 is 1.69 bits per heavy atom. The maximum atomic E-state index is 10.6. The molecule has 7 heteroatoms. The number of hydrogen-bond acceptors (Lipinski definition) is 5. The molecule has 0 unspecified atom stereocenters. The van der Waals surface area contributed by atoms with E-state index in [-0.39, 0.29) is 6.61 Å². The summed E-state index contributed by atoms with van der Waals surface area (Å²) in [5.41, 5.74) is 0. The molecule has 1 N–H and O–H groups in total. The third-order valence-electron chi connectivity index (χ3n) is 1.70. The number of ether oxygens (including phenoxy) is 1. The molecule has 0 spiro atoms. The lowest BCUT2D eigenvalue weighted by molar-refractivity contribution is 0.00429. The van der Waals surface area contributed by atoms with Crippen LogP contribution in [0.15, 0.2) is 0 Å². The third-order valence-corrected chi connectivity index (χ3v) is 2.26. The molecule has 1 aliphatic rings. The van der Waals surface area contributed by atoms with Crippen molar-refractivity contribution in [3.05, 3.63) is 0 Å². The van der Waals surface area contributed by atoms with Gasteiger partial charge in [0.25, 0.3) is 10.1 Å². The summed E-state index contributed by atoms with van der Waals surface area (Å²) in [5, 5.41) is 9.28. The number of hydrogen-bond donors (Lipinski definition) is 1. The van der Waals surface area contributed by atoms with Gasteiger partial charge < -0.3 is 9.84 Å². The first kappa shape index (κ1) is 11.0. The predicted octanol–water partition coefficient (Wildman–Crippen LogP) is -1.39. The number of rotatable bonds is 3. The summed E-state index contributed by atoms with van der Waals surface area (Å²) in [6, 6.07) is -0.539. The molecule has 0 aromatic heterocycles. The van der Waals surface area contributed by atoms with Gasteiger partial charge in [0.15, 0.2) is 0 Å². The fraction of sp³-hybridized carbons (Fsp3) is 1.00. The molecule has 0 aliphatic carbocycles. The zero-order valence-corrected chi connectivity index (χ0v) is 8.03. The summed E-state index contributed by atoms with van der Waals surface area (Å²) >= 11 is 0. The van der Waals surface area contributed by atoms with Crippen LogP contribution in [0.3, 0.4) is 0 Å². The molecule has 3 atom stereocenters. The van der Waals surface area contributed by atoms with Gasteiger partial charge in [-0.3, -0.25) is 4.18 Å². The third kappa shape index (κ3) is 3.64. The van der Waals surface area contributed by atoms with Crippen LogP contribution < -0.4 is 0 Å². The summed E-state index contributed by atoms with van der Waals surface area (Å²) < 4.78 is 30.6. The van der Waals surface area contributed by atoms with E-state index in [0.29, 0.717) is 6.42 Å². The molecule has 1 fully saturated rings. The van der Waals surface area contributed by atoms with E-state index in [1.165, 1.54) is 0 Å². The second-order valence-corrected chi connectivity index (χ2v) is 4.65. The van der Waals surface area contributed by atoms with Gasteiger partial charge in [0.1, 0.15) is 14.0 Å². The molecule has 0 bridgehead atoms. The molecule has 13 heavy (non-hydrogen) atoms. The Morgan fingerprint density at radius 3 is 2.69 bits per heavy atom. The Morgan fingerprint density at radius 2 is 2.31 bits per heavy atom. The van der Waals surface area contributed by atoms with E-state index >= 15 is 0 Å². The minimum absolute atomic E-state index is 0.187. The molecule has 1 aliphatic heterocycles. The van der Waals surface area contributed by atoms with Crippen LogP contribution in [-0.4, -0.2) is 52.4 Å². The molecule has 74 valence electrons. The van der Waals surface area contributed by atoms with E-state index in [2.05, 4.69) is 4.18 Å². The Labute approximate surface area is 78.6 Å². The van der Waals surface area contributed by atoms with Crippen LogP contribution >= 0.6 is 0 Å². The largest absolute Gasteiger partial charge is 0.390 e. The summed E-state index contributed by atoms with van der Waals surface area (Å²) in [6.07, 6.45) is -0.159. The van der Waals surface area contributed by atoms with Gasteiger partial charge in [-0.25, -0.2) is 0 Å². The van der Waals surface area contributed by atoms with Gasteiger partial charge in [0, 0.05) is 6.00 Å². The van der Waals surface area contributed by atoms with Crippen molar-refractivity contribution in [3.63, 3.8) is 0 Å². The van der Waals surface area contributed by atoms with Gasteiger partial charge in [-0.05, 0) is 6.42 Å². The van der Waals surface area contributed by atoms with Gasteiger partial charge >= 0.3 is 0 Å². The van der Waals surface area contributed by atoms with E-state index in [4.69, 9.17) is 12.6 Å². The smallest absolute Gasteiger partial charge is 0.264 e. The quantitative estimate of drug-likeness (QED) is 0.454. The van der Waals surface area contributed by atoms with Crippen LogP contribution in [0.25, 0.3) is 0 Å². The van der Waals surface area contributed by atoms with Gasteiger partial charge in [-0.15, -0.1) is 0 Å². The second-order valence-electron chi connectivity index (χ2n) is 3.00. The summed E-state index contributed by atoms with van der Waals surface area (Å²) in [4.78, 5) is 0. The highest BCUT2D eigenvalue weighted by Crippen LogP contribution is 2.18. The monoisotopic (exact) mass is 206 g/mol. The van der Waals surface area contributed by atoms with Crippen molar-refractivity contribution in [2.45, 2.75) is 24.6 Å². The van der Waals surface area contributed by atoms with Crippen LogP contribution in [-0.2, 0) is 19.0 Å². The predicted molar refractivity (Wildman–Crippen MR) is 45.8 cm³/mol. The van der Waals surface area contributed by atoms with Crippen LogP contribution in [0.4, 0.5) is 0 Å². The Hall–Kier alpha value is -0.105. The van der Waals surface area contributed by atoms with Gasteiger partial charge in [0.05, 0.1) is 19.0 Å². The Bertz CT molecular complexity index is 264. The molecule has 5 nitrogen and oxygen atoms in total. The van der Waals surface area contributed by atoms with Crippen molar-refractivity contribution < 1.29 is 22.4 Å². The van der Waals surface area contributed by atoms with E-state index in [1.807, 2.05) is 0 Å². The van der Waals surface area contributed by atoms with E-state index in [1.54, 1.807) is 0 Å². The SMILES string of the molecule is [B][C@H]1C[C@@H](O)[C@@H](COS(C)(=O)=O)O1. The normalized spacial score (nSPS) is 35.1. The van der Waals surface area contributed by atoms with E-state index in [0.717, 1.165) is 6.26 Å².